The number of hydrogen-bond acceptors (Lipinski definition) is 3. The average Bonchev–Trinajstić information content (AvgIpc) is 2.65. The molecule has 0 atom stereocenters. The highest BCUT2D eigenvalue weighted by Crippen LogP contribution is 2.18. The van der Waals surface area contributed by atoms with E-state index < -0.39 is 8.80 Å². The molecular weight excluding hydrogens is 328 g/mol. The van der Waals surface area contributed by atoms with Crippen molar-refractivity contribution in [1.29, 1.82) is 0 Å². The third-order valence-electron chi connectivity index (χ3n) is 5.27. The van der Waals surface area contributed by atoms with E-state index >= 15 is 0 Å². The van der Waals surface area contributed by atoms with Gasteiger partial charge in [0.1, 0.15) is 0 Å². The van der Waals surface area contributed by atoms with Crippen LogP contribution in [0.15, 0.2) is 0 Å². The molecular formula is C21H46O3Si. The molecule has 0 fully saturated rings. The Hall–Kier alpha value is 0.0969. The predicted octanol–water partition coefficient (Wildman–Crippen LogP) is 7.13. The van der Waals surface area contributed by atoms with Gasteiger partial charge in [-0.15, -0.1) is 0 Å². The second-order valence-electron chi connectivity index (χ2n) is 7.35. The Morgan fingerprint density at radius 3 is 1.00 bits per heavy atom. The van der Waals surface area contributed by atoms with Crippen LogP contribution in [0.25, 0.3) is 0 Å². The maximum absolute atomic E-state index is 5.45. The van der Waals surface area contributed by atoms with Gasteiger partial charge in [0.15, 0.2) is 0 Å². The summed E-state index contributed by atoms with van der Waals surface area (Å²) in [5.41, 5.74) is 0. The van der Waals surface area contributed by atoms with E-state index in [9.17, 15) is 0 Å². The Morgan fingerprint density at radius 1 is 0.440 bits per heavy atom. The van der Waals surface area contributed by atoms with Gasteiger partial charge in [-0.3, -0.25) is 0 Å². The van der Waals surface area contributed by atoms with Crippen LogP contribution in [0.3, 0.4) is 0 Å². The summed E-state index contributed by atoms with van der Waals surface area (Å²) in [6, 6.07) is 0.939. The largest absolute Gasteiger partial charge is 0.500 e. The Labute approximate surface area is 159 Å². The monoisotopic (exact) mass is 374 g/mol. The smallest absolute Gasteiger partial charge is 0.377 e. The van der Waals surface area contributed by atoms with E-state index in [-0.39, 0.29) is 0 Å². The fourth-order valence-electron chi connectivity index (χ4n) is 3.45. The maximum Gasteiger partial charge on any atom is 0.500 e. The van der Waals surface area contributed by atoms with Crippen molar-refractivity contribution in [1.82, 2.24) is 0 Å². The first-order valence-corrected chi connectivity index (χ1v) is 12.8. The van der Waals surface area contributed by atoms with Gasteiger partial charge in [-0.1, -0.05) is 103 Å². The zero-order valence-corrected chi connectivity index (χ0v) is 18.7. The highest BCUT2D eigenvalue weighted by atomic mass is 28.4. The summed E-state index contributed by atoms with van der Waals surface area (Å²) in [7, 11) is 2.78. The van der Waals surface area contributed by atoms with Crippen LogP contribution in [0.4, 0.5) is 0 Å². The van der Waals surface area contributed by atoms with E-state index in [1.807, 2.05) is 0 Å². The molecule has 0 saturated heterocycles. The summed E-state index contributed by atoms with van der Waals surface area (Å²) in [5.74, 6) is 0. The summed E-state index contributed by atoms with van der Waals surface area (Å²) in [6.07, 6.45) is 22.3. The van der Waals surface area contributed by atoms with Gasteiger partial charge < -0.3 is 13.3 Å². The summed E-state index contributed by atoms with van der Waals surface area (Å²) in [5, 5.41) is 0. The molecule has 0 radical (unpaired) electrons. The number of hydrogen-bond donors (Lipinski definition) is 0. The standard InChI is InChI=1S/C21H46O3Si/c1-5-6-7-8-9-10-11-12-13-14-15-16-17-18-19-20-21-25(22-2,23-3)24-4/h5-21H2,1-4H3. The van der Waals surface area contributed by atoms with Crippen molar-refractivity contribution in [3.8, 4) is 0 Å². The minimum Gasteiger partial charge on any atom is -0.377 e. The number of rotatable bonds is 20. The van der Waals surface area contributed by atoms with E-state index in [0.717, 1.165) is 12.5 Å². The lowest BCUT2D eigenvalue weighted by Crippen LogP contribution is -2.42. The molecule has 4 heteroatoms. The Morgan fingerprint density at radius 2 is 0.720 bits per heavy atom. The molecule has 0 aliphatic heterocycles. The molecule has 0 heterocycles. The van der Waals surface area contributed by atoms with E-state index in [2.05, 4.69) is 6.92 Å². The molecule has 152 valence electrons. The second-order valence-corrected chi connectivity index (χ2v) is 10.4. The van der Waals surface area contributed by atoms with Gasteiger partial charge in [0.05, 0.1) is 0 Å². The van der Waals surface area contributed by atoms with Crippen LogP contribution in [0.1, 0.15) is 110 Å². The van der Waals surface area contributed by atoms with Crippen LogP contribution in [0, 0.1) is 0 Å². The van der Waals surface area contributed by atoms with Crippen LogP contribution >= 0.6 is 0 Å². The lowest BCUT2D eigenvalue weighted by atomic mass is 10.0. The molecule has 0 bridgehead atoms. The molecule has 25 heavy (non-hydrogen) atoms. The molecule has 0 unspecified atom stereocenters. The van der Waals surface area contributed by atoms with Gasteiger partial charge in [0.25, 0.3) is 0 Å². The van der Waals surface area contributed by atoms with E-state index in [4.69, 9.17) is 13.3 Å². The average molecular weight is 375 g/mol. The fraction of sp³-hybridized carbons (Fsp3) is 1.00. The fourth-order valence-corrected chi connectivity index (χ4v) is 5.24. The van der Waals surface area contributed by atoms with Crippen molar-refractivity contribution in [3.63, 3.8) is 0 Å². The molecule has 0 N–H and O–H groups in total. The molecule has 0 aliphatic rings. The first-order valence-electron chi connectivity index (χ1n) is 10.9. The molecule has 0 aliphatic carbocycles. The Kier molecular flexibility index (Phi) is 18.9. The highest BCUT2D eigenvalue weighted by Gasteiger charge is 2.36. The lowest BCUT2D eigenvalue weighted by Gasteiger charge is -2.24. The third-order valence-corrected chi connectivity index (χ3v) is 8.10. The summed E-state index contributed by atoms with van der Waals surface area (Å²) in [6.45, 7) is 2.29. The first-order chi connectivity index (χ1) is 12.2. The second kappa shape index (κ2) is 18.9. The summed E-state index contributed by atoms with van der Waals surface area (Å²) < 4.78 is 16.4. The first kappa shape index (κ1) is 25.1. The molecule has 0 aromatic carbocycles. The van der Waals surface area contributed by atoms with Gasteiger partial charge in [-0.2, -0.15) is 0 Å². The Balaban J connectivity index is 3.21. The summed E-state index contributed by atoms with van der Waals surface area (Å²) in [4.78, 5) is 0. The van der Waals surface area contributed by atoms with Crippen LogP contribution in [-0.2, 0) is 13.3 Å². The molecule has 0 amide bonds. The topological polar surface area (TPSA) is 27.7 Å². The van der Waals surface area contributed by atoms with Crippen molar-refractivity contribution in [2.24, 2.45) is 0 Å². The maximum atomic E-state index is 5.45. The predicted molar refractivity (Wildman–Crippen MR) is 111 cm³/mol. The molecule has 0 aromatic heterocycles. The normalized spacial score (nSPS) is 12.0. The van der Waals surface area contributed by atoms with Gasteiger partial charge in [0.2, 0.25) is 0 Å². The molecule has 3 nitrogen and oxygen atoms in total. The minimum absolute atomic E-state index is 0.939. The molecule has 0 rings (SSSR count). The zero-order chi connectivity index (χ0) is 18.6. The lowest BCUT2D eigenvalue weighted by molar-refractivity contribution is 0.122. The van der Waals surface area contributed by atoms with Crippen molar-refractivity contribution >= 4 is 8.80 Å². The third kappa shape index (κ3) is 14.9. The SMILES string of the molecule is CCCCCCCCCCCCCCCCCC[Si](OC)(OC)OC. The van der Waals surface area contributed by atoms with Crippen molar-refractivity contribution in [2.45, 2.75) is 116 Å². The van der Waals surface area contributed by atoms with Gasteiger partial charge in [0, 0.05) is 27.4 Å². The van der Waals surface area contributed by atoms with Crippen LogP contribution < -0.4 is 0 Å². The van der Waals surface area contributed by atoms with Crippen LogP contribution in [-0.4, -0.2) is 30.1 Å². The van der Waals surface area contributed by atoms with Crippen molar-refractivity contribution in [2.75, 3.05) is 21.3 Å². The van der Waals surface area contributed by atoms with Gasteiger partial charge in [-0.05, 0) is 6.42 Å². The van der Waals surface area contributed by atoms with Crippen molar-refractivity contribution < 1.29 is 13.3 Å². The summed E-state index contributed by atoms with van der Waals surface area (Å²) >= 11 is 0. The van der Waals surface area contributed by atoms with E-state index in [1.54, 1.807) is 21.3 Å². The van der Waals surface area contributed by atoms with E-state index in [0.29, 0.717) is 0 Å². The molecule has 0 saturated carbocycles. The highest BCUT2D eigenvalue weighted by molar-refractivity contribution is 6.60. The number of unbranched alkanes of at least 4 members (excludes halogenated alkanes) is 15. The minimum atomic E-state index is -2.32. The van der Waals surface area contributed by atoms with Gasteiger partial charge in [-0.25, -0.2) is 0 Å². The van der Waals surface area contributed by atoms with Crippen molar-refractivity contribution in [3.05, 3.63) is 0 Å². The quantitative estimate of drug-likeness (QED) is 0.168. The molecule has 0 spiro atoms. The zero-order valence-electron chi connectivity index (χ0n) is 17.7. The molecule has 0 aromatic rings. The van der Waals surface area contributed by atoms with Crippen LogP contribution in [0.5, 0.6) is 0 Å². The Bertz CT molecular complexity index is 249. The van der Waals surface area contributed by atoms with E-state index in [1.165, 1.54) is 96.3 Å². The van der Waals surface area contributed by atoms with Crippen LogP contribution in [0.2, 0.25) is 6.04 Å². The van der Waals surface area contributed by atoms with Gasteiger partial charge >= 0.3 is 8.80 Å².